The maximum absolute atomic E-state index is 12.0. The molecule has 0 aliphatic carbocycles. The number of benzene rings is 1. The summed E-state index contributed by atoms with van der Waals surface area (Å²) in [5, 5.41) is 18.6. The van der Waals surface area contributed by atoms with Crippen LogP contribution >= 0.6 is 24.0 Å². The number of carbonyl (C=O) groups excluding carboxylic acids is 1. The highest BCUT2D eigenvalue weighted by Gasteiger charge is 2.12. The van der Waals surface area contributed by atoms with Gasteiger partial charge in [0.1, 0.15) is 5.75 Å². The summed E-state index contributed by atoms with van der Waals surface area (Å²) in [7, 11) is 0. The molecular formula is C21H38IN5O2. The smallest absolute Gasteiger partial charge is 0.251 e. The number of guanidine groups is 1. The predicted octanol–water partition coefficient (Wildman–Crippen LogP) is 2.80. The molecule has 0 radical (unpaired) electrons. The molecule has 166 valence electrons. The molecule has 0 spiro atoms. The lowest BCUT2D eigenvalue weighted by Crippen LogP contribution is -2.42. The van der Waals surface area contributed by atoms with Crippen molar-refractivity contribution in [2.75, 3.05) is 32.7 Å². The molecule has 0 saturated heterocycles. The number of halogens is 1. The number of rotatable bonds is 11. The van der Waals surface area contributed by atoms with Crippen LogP contribution in [0.15, 0.2) is 29.3 Å². The summed E-state index contributed by atoms with van der Waals surface area (Å²) >= 11 is 0. The van der Waals surface area contributed by atoms with E-state index in [9.17, 15) is 9.90 Å². The number of carbonyl (C=O) groups is 1. The van der Waals surface area contributed by atoms with Gasteiger partial charge in [-0.1, -0.05) is 0 Å². The molecule has 7 nitrogen and oxygen atoms in total. The molecule has 0 saturated carbocycles. The maximum Gasteiger partial charge on any atom is 0.251 e. The molecule has 0 unspecified atom stereocenters. The van der Waals surface area contributed by atoms with E-state index in [1.807, 2.05) is 6.92 Å². The highest BCUT2D eigenvalue weighted by atomic mass is 127. The minimum Gasteiger partial charge on any atom is -0.508 e. The Balaban J connectivity index is 0.00000784. The summed E-state index contributed by atoms with van der Waals surface area (Å²) < 4.78 is 0. The number of phenolic OH excluding ortho intramolecular Hbond substituents is 1. The summed E-state index contributed by atoms with van der Waals surface area (Å²) in [6.45, 7) is 14.6. The number of hydrogen-bond acceptors (Lipinski definition) is 4. The monoisotopic (exact) mass is 519 g/mol. The van der Waals surface area contributed by atoms with Crippen molar-refractivity contribution in [2.24, 2.45) is 4.99 Å². The van der Waals surface area contributed by atoms with Gasteiger partial charge in [0.05, 0.1) is 0 Å². The molecule has 0 aromatic heterocycles. The van der Waals surface area contributed by atoms with Crippen LogP contribution in [0.2, 0.25) is 0 Å². The van der Waals surface area contributed by atoms with E-state index in [0.717, 1.165) is 32.0 Å². The third-order valence-electron chi connectivity index (χ3n) is 4.35. The molecule has 0 fully saturated rings. The molecule has 0 aliphatic rings. The van der Waals surface area contributed by atoms with E-state index >= 15 is 0 Å². The van der Waals surface area contributed by atoms with Crippen LogP contribution in [0.4, 0.5) is 0 Å². The van der Waals surface area contributed by atoms with Crippen molar-refractivity contribution in [3.05, 3.63) is 29.8 Å². The molecule has 0 atom stereocenters. The van der Waals surface area contributed by atoms with Crippen molar-refractivity contribution in [1.82, 2.24) is 20.9 Å². The van der Waals surface area contributed by atoms with Crippen molar-refractivity contribution in [1.29, 1.82) is 0 Å². The molecule has 1 aromatic carbocycles. The first-order valence-electron chi connectivity index (χ1n) is 10.2. The molecule has 1 rings (SSSR count). The number of aromatic hydroxyl groups is 1. The van der Waals surface area contributed by atoms with Crippen LogP contribution in [0.5, 0.6) is 5.75 Å². The Morgan fingerprint density at radius 1 is 1.03 bits per heavy atom. The van der Waals surface area contributed by atoms with Crippen molar-refractivity contribution < 1.29 is 9.90 Å². The second kappa shape index (κ2) is 15.3. The van der Waals surface area contributed by atoms with Crippen LogP contribution in [0, 0.1) is 0 Å². The van der Waals surface area contributed by atoms with Crippen molar-refractivity contribution >= 4 is 35.8 Å². The van der Waals surface area contributed by atoms with Gasteiger partial charge in [0.2, 0.25) is 0 Å². The van der Waals surface area contributed by atoms with Crippen LogP contribution < -0.4 is 16.0 Å². The minimum atomic E-state index is -0.161. The molecule has 0 heterocycles. The van der Waals surface area contributed by atoms with E-state index < -0.39 is 0 Å². The SMILES string of the molecule is CCNC(=NCCCN(C(C)C)C(C)C)NCCNC(=O)c1ccc(O)cc1.I. The predicted molar refractivity (Wildman–Crippen MR) is 131 cm³/mol. The molecule has 8 heteroatoms. The standard InChI is InChI=1S/C21H37N5O2.HI/c1-6-22-21(24-12-7-15-26(16(2)3)17(4)5)25-14-13-23-20(28)18-8-10-19(27)11-9-18;/h8-11,16-17,27H,6-7,12-15H2,1-5H3,(H,23,28)(H2,22,24,25);1H. The molecule has 4 N–H and O–H groups in total. The summed E-state index contributed by atoms with van der Waals surface area (Å²) in [5.41, 5.74) is 0.526. The highest BCUT2D eigenvalue weighted by molar-refractivity contribution is 14.0. The first kappa shape index (κ1) is 27.5. The van der Waals surface area contributed by atoms with Crippen LogP contribution in [0.3, 0.4) is 0 Å². The Bertz CT molecular complexity index is 598. The summed E-state index contributed by atoms with van der Waals surface area (Å²) in [5.74, 6) is 0.753. The Morgan fingerprint density at radius 2 is 1.62 bits per heavy atom. The Kier molecular flexibility index (Phi) is 14.5. The number of aliphatic imine (C=N–C) groups is 1. The summed E-state index contributed by atoms with van der Waals surface area (Å²) in [6.07, 6.45) is 1.00. The lowest BCUT2D eigenvalue weighted by molar-refractivity contribution is 0.0954. The van der Waals surface area contributed by atoms with Crippen LogP contribution in [-0.2, 0) is 0 Å². The van der Waals surface area contributed by atoms with Gasteiger partial charge in [0.15, 0.2) is 5.96 Å². The van der Waals surface area contributed by atoms with Crippen molar-refractivity contribution in [3.8, 4) is 5.75 Å². The lowest BCUT2D eigenvalue weighted by Gasteiger charge is -2.30. The number of hydrogen-bond donors (Lipinski definition) is 4. The van der Waals surface area contributed by atoms with E-state index in [4.69, 9.17) is 0 Å². The first-order valence-corrected chi connectivity index (χ1v) is 10.2. The molecule has 0 aliphatic heterocycles. The van der Waals surface area contributed by atoms with Crippen LogP contribution in [0.25, 0.3) is 0 Å². The summed E-state index contributed by atoms with van der Waals surface area (Å²) in [6, 6.07) is 7.27. The average Bonchev–Trinajstić information content (AvgIpc) is 2.64. The second-order valence-electron chi connectivity index (χ2n) is 7.27. The number of nitrogens with zero attached hydrogens (tertiary/aromatic N) is 2. The topological polar surface area (TPSA) is 89.0 Å². The van der Waals surface area contributed by atoms with E-state index in [1.54, 1.807) is 12.1 Å². The van der Waals surface area contributed by atoms with Crippen molar-refractivity contribution in [3.63, 3.8) is 0 Å². The van der Waals surface area contributed by atoms with E-state index in [1.165, 1.54) is 12.1 Å². The van der Waals surface area contributed by atoms with Gasteiger partial charge < -0.3 is 21.1 Å². The Hall–Kier alpha value is -1.55. The van der Waals surface area contributed by atoms with E-state index in [2.05, 4.69) is 53.5 Å². The molecule has 29 heavy (non-hydrogen) atoms. The number of nitrogens with one attached hydrogen (secondary N) is 3. The first-order chi connectivity index (χ1) is 13.3. The number of amides is 1. The van der Waals surface area contributed by atoms with Crippen molar-refractivity contribution in [2.45, 2.75) is 53.1 Å². The zero-order valence-electron chi connectivity index (χ0n) is 18.4. The third-order valence-corrected chi connectivity index (χ3v) is 4.35. The summed E-state index contributed by atoms with van der Waals surface area (Å²) in [4.78, 5) is 19.1. The second-order valence-corrected chi connectivity index (χ2v) is 7.27. The van der Waals surface area contributed by atoms with Gasteiger partial charge in [-0.3, -0.25) is 14.7 Å². The Morgan fingerprint density at radius 3 is 2.17 bits per heavy atom. The zero-order chi connectivity index (χ0) is 20.9. The van der Waals surface area contributed by atoms with E-state index in [0.29, 0.717) is 30.7 Å². The van der Waals surface area contributed by atoms with Gasteiger partial charge in [-0.05, 0) is 65.3 Å². The molecule has 1 aromatic rings. The van der Waals surface area contributed by atoms with Crippen LogP contribution in [0.1, 0.15) is 51.4 Å². The third kappa shape index (κ3) is 11.3. The van der Waals surface area contributed by atoms with Gasteiger partial charge in [-0.2, -0.15) is 0 Å². The zero-order valence-corrected chi connectivity index (χ0v) is 20.7. The highest BCUT2D eigenvalue weighted by Crippen LogP contribution is 2.09. The van der Waals surface area contributed by atoms with Gasteiger partial charge in [-0.25, -0.2) is 0 Å². The lowest BCUT2D eigenvalue weighted by atomic mass is 10.2. The largest absolute Gasteiger partial charge is 0.508 e. The van der Waals surface area contributed by atoms with Gasteiger partial charge in [-0.15, -0.1) is 24.0 Å². The number of phenols is 1. The Labute approximate surface area is 192 Å². The van der Waals surface area contributed by atoms with Crippen LogP contribution in [-0.4, -0.2) is 66.7 Å². The minimum absolute atomic E-state index is 0. The quantitative estimate of drug-likeness (QED) is 0.156. The fourth-order valence-corrected chi connectivity index (χ4v) is 2.97. The average molecular weight is 519 g/mol. The fraction of sp³-hybridized carbons (Fsp3) is 0.619. The van der Waals surface area contributed by atoms with Gasteiger partial charge in [0.25, 0.3) is 5.91 Å². The normalized spacial score (nSPS) is 11.5. The van der Waals surface area contributed by atoms with Gasteiger partial charge in [0, 0.05) is 50.4 Å². The van der Waals surface area contributed by atoms with Gasteiger partial charge >= 0.3 is 0 Å². The fourth-order valence-electron chi connectivity index (χ4n) is 2.97. The molecule has 0 bridgehead atoms. The van der Waals surface area contributed by atoms with E-state index in [-0.39, 0.29) is 35.6 Å². The maximum atomic E-state index is 12.0. The molecular weight excluding hydrogens is 481 g/mol. The molecule has 1 amide bonds.